The van der Waals surface area contributed by atoms with E-state index in [4.69, 9.17) is 0 Å². The van der Waals surface area contributed by atoms with Crippen molar-refractivity contribution in [2.24, 2.45) is 11.8 Å². The summed E-state index contributed by atoms with van der Waals surface area (Å²) >= 11 is 0. The van der Waals surface area contributed by atoms with Gasteiger partial charge in [0.05, 0.1) is 16.8 Å². The molecule has 0 spiro atoms. The normalized spacial score (nSPS) is 20.5. The van der Waals surface area contributed by atoms with Gasteiger partial charge in [-0.1, -0.05) is 12.1 Å². The van der Waals surface area contributed by atoms with Crippen LogP contribution in [0.2, 0.25) is 0 Å². The minimum absolute atomic E-state index is 0.0756. The zero-order valence-corrected chi connectivity index (χ0v) is 17.0. The van der Waals surface area contributed by atoms with Crippen LogP contribution in [0.4, 0.5) is 19.1 Å². The van der Waals surface area contributed by atoms with E-state index < -0.39 is 11.7 Å². The molecule has 2 aliphatic heterocycles. The lowest BCUT2D eigenvalue weighted by molar-refractivity contribution is -0.137. The summed E-state index contributed by atoms with van der Waals surface area (Å²) in [7, 11) is 0. The average molecular weight is 439 g/mol. The molecule has 0 N–H and O–H groups in total. The number of halogens is 3. The van der Waals surface area contributed by atoms with Crippen molar-refractivity contribution in [3.63, 3.8) is 0 Å². The second-order valence-electron chi connectivity index (χ2n) is 8.19. The molecule has 2 saturated heterocycles. The number of nitrogens with zero attached hydrogens (tertiary/aromatic N) is 5. The van der Waals surface area contributed by atoms with Gasteiger partial charge in [-0.15, -0.1) is 0 Å². The third-order valence-corrected chi connectivity index (χ3v) is 6.13. The molecule has 4 heterocycles. The molecule has 1 aromatic carbocycles. The molecule has 5 rings (SSSR count). The Morgan fingerprint density at radius 3 is 2.09 bits per heavy atom. The molecule has 3 aromatic rings. The van der Waals surface area contributed by atoms with E-state index in [0.29, 0.717) is 41.7 Å². The van der Waals surface area contributed by atoms with Crippen molar-refractivity contribution in [1.29, 1.82) is 0 Å². The molecule has 9 heteroatoms. The van der Waals surface area contributed by atoms with Crippen LogP contribution in [0, 0.1) is 11.8 Å². The van der Waals surface area contributed by atoms with E-state index in [1.54, 1.807) is 30.6 Å². The summed E-state index contributed by atoms with van der Waals surface area (Å²) in [6.07, 6.45) is 0.580. The van der Waals surface area contributed by atoms with E-state index in [-0.39, 0.29) is 5.91 Å². The largest absolute Gasteiger partial charge is 0.416 e. The van der Waals surface area contributed by atoms with Crippen LogP contribution in [0.1, 0.15) is 15.9 Å². The highest BCUT2D eigenvalue weighted by molar-refractivity contribution is 5.94. The van der Waals surface area contributed by atoms with Gasteiger partial charge in [0.15, 0.2) is 0 Å². The Bertz CT molecular complexity index is 1090. The molecular weight excluding hydrogens is 419 g/mol. The fourth-order valence-corrected chi connectivity index (χ4v) is 4.48. The summed E-state index contributed by atoms with van der Waals surface area (Å²) in [6.45, 7) is 2.99. The number of likely N-dealkylation sites (tertiary alicyclic amines) is 1. The number of benzene rings is 1. The number of carbonyl (C=O) groups is 1. The topological polar surface area (TPSA) is 62.2 Å². The number of alkyl halides is 3. The van der Waals surface area contributed by atoms with Gasteiger partial charge in [0.25, 0.3) is 5.91 Å². The van der Waals surface area contributed by atoms with Crippen molar-refractivity contribution in [2.75, 3.05) is 31.1 Å². The molecule has 2 aromatic heterocycles. The predicted octanol–water partition coefficient (Wildman–Crippen LogP) is 3.77. The maximum absolute atomic E-state index is 13.0. The number of hydrogen-bond donors (Lipinski definition) is 0. The SMILES string of the molecule is O=C(c1ccc(-c2ccc(C(F)(F)F)cc2)nc1)N1CC2CN(c3ncccn3)CC2C1. The highest BCUT2D eigenvalue weighted by Crippen LogP contribution is 2.34. The van der Waals surface area contributed by atoms with E-state index in [1.165, 1.54) is 18.3 Å². The van der Waals surface area contributed by atoms with Gasteiger partial charge < -0.3 is 9.80 Å². The summed E-state index contributed by atoms with van der Waals surface area (Å²) in [5, 5.41) is 0. The smallest absolute Gasteiger partial charge is 0.340 e. The van der Waals surface area contributed by atoms with Crippen molar-refractivity contribution in [1.82, 2.24) is 19.9 Å². The first-order valence-corrected chi connectivity index (χ1v) is 10.3. The second-order valence-corrected chi connectivity index (χ2v) is 8.19. The van der Waals surface area contributed by atoms with Gasteiger partial charge in [-0.25, -0.2) is 9.97 Å². The minimum atomic E-state index is -4.37. The fraction of sp³-hybridized carbons (Fsp3) is 0.304. The van der Waals surface area contributed by atoms with Crippen LogP contribution in [-0.2, 0) is 6.18 Å². The monoisotopic (exact) mass is 439 g/mol. The van der Waals surface area contributed by atoms with E-state index in [9.17, 15) is 18.0 Å². The molecular formula is C23H20F3N5O. The van der Waals surface area contributed by atoms with Gasteiger partial charge in [0, 0.05) is 62.2 Å². The van der Waals surface area contributed by atoms with Gasteiger partial charge in [-0.2, -0.15) is 13.2 Å². The average Bonchev–Trinajstić information content (AvgIpc) is 3.38. The number of amides is 1. The Labute approximate surface area is 182 Å². The van der Waals surface area contributed by atoms with Crippen LogP contribution >= 0.6 is 0 Å². The van der Waals surface area contributed by atoms with Crippen molar-refractivity contribution in [2.45, 2.75) is 6.18 Å². The molecule has 164 valence electrons. The lowest BCUT2D eigenvalue weighted by Crippen LogP contribution is -2.33. The lowest BCUT2D eigenvalue weighted by atomic mass is 10.0. The molecule has 2 aliphatic rings. The quantitative estimate of drug-likeness (QED) is 0.622. The van der Waals surface area contributed by atoms with Gasteiger partial charge in [0.2, 0.25) is 5.95 Å². The number of rotatable bonds is 3. The minimum Gasteiger partial charge on any atom is -0.340 e. The molecule has 0 radical (unpaired) electrons. The molecule has 6 nitrogen and oxygen atoms in total. The van der Waals surface area contributed by atoms with Crippen molar-refractivity contribution in [3.8, 4) is 11.3 Å². The van der Waals surface area contributed by atoms with Gasteiger partial charge in [0.1, 0.15) is 0 Å². The number of fused-ring (bicyclic) bond motifs is 1. The Balaban J connectivity index is 1.23. The number of carbonyl (C=O) groups excluding carboxylic acids is 1. The second kappa shape index (κ2) is 7.89. The summed E-state index contributed by atoms with van der Waals surface area (Å²) in [6, 6.07) is 9.97. The Kier molecular flexibility index (Phi) is 5.03. The molecule has 2 atom stereocenters. The molecule has 1 amide bonds. The predicted molar refractivity (Wildman–Crippen MR) is 112 cm³/mol. The summed E-state index contributed by atoms with van der Waals surface area (Å²) in [4.78, 5) is 29.9. The van der Waals surface area contributed by atoms with Crippen molar-refractivity contribution in [3.05, 3.63) is 72.2 Å². The third kappa shape index (κ3) is 3.90. The fourth-order valence-electron chi connectivity index (χ4n) is 4.48. The van der Waals surface area contributed by atoms with Gasteiger partial charge in [-0.3, -0.25) is 9.78 Å². The van der Waals surface area contributed by atoms with Crippen molar-refractivity contribution >= 4 is 11.9 Å². The number of hydrogen-bond acceptors (Lipinski definition) is 5. The summed E-state index contributed by atoms with van der Waals surface area (Å²) in [5.41, 5.74) is 0.858. The Morgan fingerprint density at radius 1 is 0.875 bits per heavy atom. The van der Waals surface area contributed by atoms with E-state index in [0.717, 1.165) is 31.2 Å². The van der Waals surface area contributed by atoms with Crippen LogP contribution in [-0.4, -0.2) is 51.9 Å². The number of pyridine rings is 1. The molecule has 0 bridgehead atoms. The van der Waals surface area contributed by atoms with Crippen LogP contribution in [0.25, 0.3) is 11.3 Å². The van der Waals surface area contributed by atoms with Gasteiger partial charge >= 0.3 is 6.18 Å². The summed E-state index contributed by atoms with van der Waals surface area (Å²) < 4.78 is 38.2. The van der Waals surface area contributed by atoms with Gasteiger partial charge in [-0.05, 0) is 30.3 Å². The van der Waals surface area contributed by atoms with Crippen LogP contribution in [0.5, 0.6) is 0 Å². The summed E-state index contributed by atoms with van der Waals surface area (Å²) in [5.74, 6) is 1.40. The van der Waals surface area contributed by atoms with Crippen LogP contribution < -0.4 is 4.90 Å². The van der Waals surface area contributed by atoms with Crippen LogP contribution in [0.15, 0.2) is 61.1 Å². The molecule has 2 fully saturated rings. The maximum Gasteiger partial charge on any atom is 0.416 e. The van der Waals surface area contributed by atoms with E-state index in [1.807, 2.05) is 4.90 Å². The van der Waals surface area contributed by atoms with Crippen molar-refractivity contribution < 1.29 is 18.0 Å². The standard InChI is InChI=1S/C23H20F3N5O/c24-23(25,26)19-5-2-15(3-6-19)20-7-4-16(10-29-20)21(32)30-11-17-13-31(14-18(17)12-30)22-27-8-1-9-28-22/h1-10,17-18H,11-14H2. The number of aromatic nitrogens is 3. The molecule has 0 aliphatic carbocycles. The molecule has 0 saturated carbocycles. The first-order valence-electron chi connectivity index (χ1n) is 10.3. The van der Waals surface area contributed by atoms with E-state index >= 15 is 0 Å². The Morgan fingerprint density at radius 2 is 1.53 bits per heavy atom. The zero-order valence-electron chi connectivity index (χ0n) is 17.0. The zero-order chi connectivity index (χ0) is 22.3. The van der Waals surface area contributed by atoms with Crippen LogP contribution in [0.3, 0.4) is 0 Å². The molecule has 2 unspecified atom stereocenters. The highest BCUT2D eigenvalue weighted by atomic mass is 19.4. The van der Waals surface area contributed by atoms with E-state index in [2.05, 4.69) is 19.9 Å². The number of anilines is 1. The molecule has 32 heavy (non-hydrogen) atoms. The first kappa shape index (κ1) is 20.4. The Hall–Kier alpha value is -3.49. The highest BCUT2D eigenvalue weighted by Gasteiger charge is 2.42. The maximum atomic E-state index is 13.0. The third-order valence-electron chi connectivity index (χ3n) is 6.13. The lowest BCUT2D eigenvalue weighted by Gasteiger charge is -2.21. The first-order chi connectivity index (χ1) is 15.4.